The van der Waals surface area contributed by atoms with Crippen LogP contribution in [0.4, 0.5) is 0 Å². The number of benzene rings is 16. The predicted molar refractivity (Wildman–Crippen MR) is 562 cm³/mol. The molecule has 670 valence electrons. The van der Waals surface area contributed by atoms with Gasteiger partial charge in [0, 0.05) is 80.9 Å². The molecule has 1 aliphatic rings. The van der Waals surface area contributed by atoms with Crippen molar-refractivity contribution in [1.82, 2.24) is 89.7 Å². The summed E-state index contributed by atoms with van der Waals surface area (Å²) in [5, 5.41) is 0. The Morgan fingerprint density at radius 3 is 0.693 bits per heavy atom. The van der Waals surface area contributed by atoms with Gasteiger partial charge in [-0.25, -0.2) is 64.8 Å². The third-order valence-corrected chi connectivity index (χ3v) is 24.2. The van der Waals surface area contributed by atoms with Crippen LogP contribution in [0.5, 0.6) is 0 Å². The van der Waals surface area contributed by atoms with Crippen LogP contribution in [0.2, 0.25) is 0 Å². The number of aryl methyl sites for hydroxylation is 5. The van der Waals surface area contributed by atoms with Crippen LogP contribution in [0.3, 0.4) is 0 Å². The Bertz CT molecular complexity index is 8240. The quantitative estimate of drug-likeness (QED) is 0.0921. The maximum atomic E-state index is 4.91. The molecule has 0 bridgehead atoms. The van der Waals surface area contributed by atoms with Crippen molar-refractivity contribution in [1.29, 1.82) is 0 Å². The maximum Gasteiger partial charge on any atom is 0.163 e. The van der Waals surface area contributed by atoms with Crippen molar-refractivity contribution >= 4 is 33.1 Å². The van der Waals surface area contributed by atoms with E-state index in [0.29, 0.717) is 97.5 Å². The fourth-order valence-corrected chi connectivity index (χ4v) is 17.4. The molecule has 0 N–H and O–H groups in total. The van der Waals surface area contributed by atoms with Gasteiger partial charge in [-0.05, 0) is 160 Å². The Morgan fingerprint density at radius 2 is 0.371 bits per heavy atom. The van der Waals surface area contributed by atoms with Crippen molar-refractivity contribution in [3.63, 3.8) is 0 Å². The first-order chi connectivity index (χ1) is 68.7. The summed E-state index contributed by atoms with van der Waals surface area (Å²) < 4.78 is 0. The van der Waals surface area contributed by atoms with Crippen LogP contribution >= 0.6 is 0 Å². The van der Waals surface area contributed by atoms with Crippen LogP contribution in [-0.4, -0.2) is 89.7 Å². The van der Waals surface area contributed by atoms with Gasteiger partial charge >= 0.3 is 0 Å². The minimum Gasteiger partial charge on any atom is -0.251 e. The first-order valence-corrected chi connectivity index (χ1v) is 46.3. The molecule has 18 heteroatoms. The van der Waals surface area contributed by atoms with E-state index in [2.05, 4.69) is 320 Å². The first kappa shape index (κ1) is 89.4. The Balaban J connectivity index is 0.000000109. The van der Waals surface area contributed by atoms with Crippen molar-refractivity contribution in [3.8, 4) is 169 Å². The molecule has 0 radical (unpaired) electrons. The highest BCUT2D eigenvalue weighted by Crippen LogP contribution is 2.50. The van der Waals surface area contributed by atoms with Gasteiger partial charge in [0.15, 0.2) is 46.6 Å². The molecular weight excluding hydrogens is 1720 g/mol. The van der Waals surface area contributed by atoms with Gasteiger partial charge in [0.25, 0.3) is 0 Å². The molecule has 1 aliphatic carbocycles. The van der Waals surface area contributed by atoms with E-state index in [1.165, 1.54) is 61.2 Å². The zero-order valence-corrected chi connectivity index (χ0v) is 78.0. The highest BCUT2D eigenvalue weighted by molar-refractivity contribution is 6.17. The van der Waals surface area contributed by atoms with E-state index in [1.54, 1.807) is 31.0 Å². The van der Waals surface area contributed by atoms with Gasteiger partial charge in [-0.15, -0.1) is 0 Å². The lowest BCUT2D eigenvalue weighted by Gasteiger charge is -2.21. The van der Waals surface area contributed by atoms with Crippen molar-refractivity contribution in [2.24, 2.45) is 0 Å². The highest BCUT2D eigenvalue weighted by Gasteiger charge is 2.36. The molecule has 0 saturated carbocycles. The van der Waals surface area contributed by atoms with Crippen LogP contribution in [-0.2, 0) is 5.41 Å². The summed E-state index contributed by atoms with van der Waals surface area (Å²) in [6.45, 7) is 14.1. The van der Waals surface area contributed by atoms with Crippen LogP contribution < -0.4 is 0 Å². The maximum absolute atomic E-state index is 4.91. The lowest BCUT2D eigenvalue weighted by atomic mass is 9.82. The van der Waals surface area contributed by atoms with E-state index < -0.39 is 0 Å². The largest absolute Gasteiger partial charge is 0.251 e. The van der Waals surface area contributed by atoms with Crippen LogP contribution in [0.15, 0.2) is 431 Å². The lowest BCUT2D eigenvalue weighted by molar-refractivity contribution is 0.660. The van der Waals surface area contributed by atoms with Crippen molar-refractivity contribution in [2.45, 2.75) is 53.9 Å². The molecule has 7 aromatic heterocycles. The normalized spacial score (nSPS) is 11.4. The second kappa shape index (κ2) is 40.8. The van der Waals surface area contributed by atoms with E-state index in [9.17, 15) is 0 Å². The second-order valence-electron chi connectivity index (χ2n) is 34.3. The molecule has 24 rings (SSSR count). The lowest BCUT2D eigenvalue weighted by Crippen LogP contribution is -2.15. The van der Waals surface area contributed by atoms with Gasteiger partial charge in [0.1, 0.15) is 56.4 Å². The Hall–Kier alpha value is -18.4. The molecule has 0 fully saturated rings. The zero-order chi connectivity index (χ0) is 95.3. The summed E-state index contributed by atoms with van der Waals surface area (Å²) in [5.74, 6) is 8.40. The molecule has 23 aromatic rings. The molecule has 0 spiro atoms. The number of fused-ring (bicyclic) bond motifs is 9. The molecule has 140 heavy (non-hydrogen) atoms. The fourth-order valence-electron chi connectivity index (χ4n) is 17.4. The van der Waals surface area contributed by atoms with Crippen LogP contribution in [0.25, 0.3) is 202 Å². The zero-order valence-electron chi connectivity index (χ0n) is 78.0. The highest BCUT2D eigenvalue weighted by atomic mass is 15.1. The monoisotopic (exact) mass is 1810 g/mol. The topological polar surface area (TPSA) is 232 Å². The van der Waals surface area contributed by atoms with E-state index in [4.69, 9.17) is 19.9 Å². The van der Waals surface area contributed by atoms with Gasteiger partial charge in [0.2, 0.25) is 0 Å². The average molecular weight is 1810 g/mol. The molecule has 0 saturated heterocycles. The molecule has 0 unspecified atom stereocenters. The van der Waals surface area contributed by atoms with Gasteiger partial charge in [-0.3, -0.25) is 24.9 Å². The number of hydrogen-bond acceptors (Lipinski definition) is 18. The standard InChI is InChI=1S/C31H25N3.2C28H21N3.C22H17N3.C13H8N6/c1-20-32-29(23-13-9-12-22(18-23)21-10-5-4-6-11-21)34-30(33-20)24-16-17-26-25-14-7-8-15-27(25)31(2,3)28(26)19-24;1-20-29-27(25-16-8-14-23(18-25)21-10-4-2-5-11-21)31-28(30-20)26-17-9-15-24(19-26)22-12-6-3-7-13-22;1-20-29-27(24-17-15-23(16-18-24)21-9-4-2-5-10-21)31-28(30-20)26-14-8-13-25(19-26)22-11-6-3-7-12-22;1-16-23-21(18-11-6-3-7-12-18)25-22(24-16)20-14-8-13-19(15-20)17-9-4-2-5-10-17;1-7-6-18-12-10-8(14-2-3-16-10)9-11(13(12)19-7)17-5-4-15-9/h4-19H,1-3H3;2*2-19H,1H3;2-15H,1H3;2-6H,1H3. The molecule has 16 aromatic carbocycles. The summed E-state index contributed by atoms with van der Waals surface area (Å²) in [6.07, 6.45) is 8.30. The smallest absolute Gasteiger partial charge is 0.163 e. The number of rotatable bonds is 14. The summed E-state index contributed by atoms with van der Waals surface area (Å²) in [7, 11) is 0. The predicted octanol–water partition coefficient (Wildman–Crippen LogP) is 28.2. The molecule has 18 nitrogen and oxygen atoms in total. The summed E-state index contributed by atoms with van der Waals surface area (Å²) in [6, 6.07) is 137. The molecule has 0 atom stereocenters. The fraction of sp³-hybridized carbons (Fsp3) is 0.0656. The van der Waals surface area contributed by atoms with Crippen molar-refractivity contribution in [3.05, 3.63) is 471 Å². The molecular formula is C122H92N18. The minimum absolute atomic E-state index is 0.0587. The number of aromatic nitrogens is 18. The summed E-state index contributed by atoms with van der Waals surface area (Å²) in [4.78, 5) is 82.4. The molecule has 7 heterocycles. The van der Waals surface area contributed by atoms with E-state index in [1.807, 2.05) is 198 Å². The molecule has 0 amide bonds. The molecule has 0 aliphatic heterocycles. The Labute approximate surface area is 811 Å². The van der Waals surface area contributed by atoms with Crippen molar-refractivity contribution < 1.29 is 0 Å². The van der Waals surface area contributed by atoms with Crippen LogP contribution in [0.1, 0.15) is 54.0 Å². The van der Waals surface area contributed by atoms with Crippen molar-refractivity contribution in [2.75, 3.05) is 0 Å². The average Bonchev–Trinajstić information content (AvgIpc) is 1.56. The Kier molecular flexibility index (Phi) is 26.1. The first-order valence-electron chi connectivity index (χ1n) is 46.3. The summed E-state index contributed by atoms with van der Waals surface area (Å²) >= 11 is 0. The second-order valence-corrected chi connectivity index (χ2v) is 34.3. The number of hydrogen-bond donors (Lipinski definition) is 0. The minimum atomic E-state index is -0.0587. The van der Waals surface area contributed by atoms with Gasteiger partial charge in [-0.1, -0.05) is 378 Å². The van der Waals surface area contributed by atoms with Gasteiger partial charge in [0.05, 0.1) is 5.69 Å². The third-order valence-electron chi connectivity index (χ3n) is 24.2. The van der Waals surface area contributed by atoms with E-state index in [0.717, 1.165) is 83.5 Å². The van der Waals surface area contributed by atoms with E-state index >= 15 is 0 Å². The van der Waals surface area contributed by atoms with Gasteiger partial charge in [-0.2, -0.15) is 0 Å². The SMILES string of the molecule is Cc1cnc2c3nccnc3c3nccnc3c2n1.Cc1nc(-c2ccc(-c3ccccc3)cc2)nc(-c2cccc(-c3ccccc3)c2)n1.Cc1nc(-c2cccc(-c3ccccc3)c2)nc(-c2ccc3c(c2)C(C)(C)c2ccccc2-3)n1.Cc1nc(-c2cccc(-c3ccccc3)c2)nc(-c2cccc(-c3ccccc3)c2)n1.Cc1nc(-c2ccccc2)nc(-c2cccc(-c3ccccc3)c2)n1. The van der Waals surface area contributed by atoms with E-state index in [-0.39, 0.29) is 5.41 Å². The Morgan fingerprint density at radius 1 is 0.157 bits per heavy atom. The number of nitrogens with zero attached hydrogens (tertiary/aromatic N) is 18. The van der Waals surface area contributed by atoms with Crippen LogP contribution in [0, 0.1) is 34.6 Å². The van der Waals surface area contributed by atoms with Gasteiger partial charge < -0.3 is 0 Å². The third kappa shape index (κ3) is 20.2. The summed E-state index contributed by atoms with van der Waals surface area (Å²) in [5.41, 5.74) is 32.2.